The Hall–Kier alpha value is -0.570. The lowest BCUT2D eigenvalue weighted by molar-refractivity contribution is 0.171. The Bertz CT molecular complexity index is 390. The summed E-state index contributed by atoms with van der Waals surface area (Å²) in [6.45, 7) is 7.77. The van der Waals surface area contributed by atoms with Crippen LogP contribution in [-0.2, 0) is 0 Å². The van der Waals surface area contributed by atoms with Crippen molar-refractivity contribution < 1.29 is 0 Å². The van der Waals surface area contributed by atoms with Gasteiger partial charge in [-0.25, -0.2) is 0 Å². The standard InChI is InChI=1S/C15H23ClN2/c1-11(2)8-18-9-13(7-15(17)10-18)12-4-3-5-14(16)6-12/h3-6,11,13,15H,7-10,17H2,1-2H3. The fraction of sp³-hybridized carbons (Fsp3) is 0.600. The van der Waals surface area contributed by atoms with Crippen LogP contribution in [0.3, 0.4) is 0 Å². The molecule has 1 fully saturated rings. The topological polar surface area (TPSA) is 29.3 Å². The number of hydrogen-bond donors (Lipinski definition) is 1. The second kappa shape index (κ2) is 6.05. The van der Waals surface area contributed by atoms with Crippen molar-refractivity contribution in [1.82, 2.24) is 4.90 Å². The summed E-state index contributed by atoms with van der Waals surface area (Å²) < 4.78 is 0. The molecule has 2 rings (SSSR count). The molecule has 1 aromatic carbocycles. The molecule has 1 aliphatic heterocycles. The number of likely N-dealkylation sites (tertiary alicyclic amines) is 1. The molecular weight excluding hydrogens is 244 g/mol. The Morgan fingerprint density at radius 3 is 2.83 bits per heavy atom. The van der Waals surface area contributed by atoms with Crippen LogP contribution in [0.25, 0.3) is 0 Å². The van der Waals surface area contributed by atoms with E-state index in [9.17, 15) is 0 Å². The fourth-order valence-corrected chi connectivity index (χ4v) is 3.10. The lowest BCUT2D eigenvalue weighted by atomic mass is 9.88. The largest absolute Gasteiger partial charge is 0.327 e. The highest BCUT2D eigenvalue weighted by molar-refractivity contribution is 6.30. The quantitative estimate of drug-likeness (QED) is 0.911. The molecular formula is C15H23ClN2. The van der Waals surface area contributed by atoms with E-state index in [0.29, 0.717) is 11.8 Å². The maximum absolute atomic E-state index is 6.19. The van der Waals surface area contributed by atoms with Gasteiger partial charge in [0.25, 0.3) is 0 Å². The van der Waals surface area contributed by atoms with E-state index in [2.05, 4.69) is 30.9 Å². The second-order valence-electron chi connectivity index (χ2n) is 5.86. The number of rotatable bonds is 3. The molecule has 3 heteroatoms. The highest BCUT2D eigenvalue weighted by Gasteiger charge is 2.26. The molecule has 2 N–H and O–H groups in total. The molecule has 1 aliphatic rings. The van der Waals surface area contributed by atoms with Gasteiger partial charge in [-0.15, -0.1) is 0 Å². The molecule has 2 atom stereocenters. The maximum Gasteiger partial charge on any atom is 0.0408 e. The van der Waals surface area contributed by atoms with Crippen LogP contribution < -0.4 is 5.73 Å². The molecule has 18 heavy (non-hydrogen) atoms. The monoisotopic (exact) mass is 266 g/mol. The highest BCUT2D eigenvalue weighted by atomic mass is 35.5. The summed E-state index contributed by atoms with van der Waals surface area (Å²) in [5, 5.41) is 0.821. The summed E-state index contributed by atoms with van der Waals surface area (Å²) in [6.07, 6.45) is 1.06. The van der Waals surface area contributed by atoms with Crippen LogP contribution in [0.5, 0.6) is 0 Å². The van der Waals surface area contributed by atoms with Gasteiger partial charge < -0.3 is 10.6 Å². The number of benzene rings is 1. The van der Waals surface area contributed by atoms with Crippen LogP contribution >= 0.6 is 11.6 Å². The van der Waals surface area contributed by atoms with Gasteiger partial charge in [0.2, 0.25) is 0 Å². The van der Waals surface area contributed by atoms with Crippen molar-refractivity contribution >= 4 is 11.6 Å². The predicted molar refractivity (Wildman–Crippen MR) is 78.1 cm³/mol. The zero-order chi connectivity index (χ0) is 13.1. The number of nitrogens with zero attached hydrogens (tertiary/aromatic N) is 1. The SMILES string of the molecule is CC(C)CN1CC(N)CC(c2cccc(Cl)c2)C1. The highest BCUT2D eigenvalue weighted by Crippen LogP contribution is 2.28. The maximum atomic E-state index is 6.19. The van der Waals surface area contributed by atoms with Gasteiger partial charge in [-0.2, -0.15) is 0 Å². The average Bonchev–Trinajstić information content (AvgIpc) is 2.27. The summed E-state index contributed by atoms with van der Waals surface area (Å²) in [7, 11) is 0. The van der Waals surface area contributed by atoms with Gasteiger partial charge in [0, 0.05) is 30.7 Å². The zero-order valence-electron chi connectivity index (χ0n) is 11.3. The summed E-state index contributed by atoms with van der Waals surface area (Å²) in [4.78, 5) is 2.49. The minimum absolute atomic E-state index is 0.279. The van der Waals surface area contributed by atoms with Crippen molar-refractivity contribution in [2.45, 2.75) is 32.2 Å². The van der Waals surface area contributed by atoms with E-state index in [0.717, 1.165) is 31.1 Å². The molecule has 0 bridgehead atoms. The van der Waals surface area contributed by atoms with Gasteiger partial charge >= 0.3 is 0 Å². The van der Waals surface area contributed by atoms with E-state index in [4.69, 9.17) is 17.3 Å². The van der Waals surface area contributed by atoms with Crippen LogP contribution in [0.2, 0.25) is 5.02 Å². The molecule has 1 aromatic rings. The van der Waals surface area contributed by atoms with Crippen molar-refractivity contribution in [3.63, 3.8) is 0 Å². The minimum Gasteiger partial charge on any atom is -0.327 e. The van der Waals surface area contributed by atoms with E-state index in [1.54, 1.807) is 0 Å². The second-order valence-corrected chi connectivity index (χ2v) is 6.30. The van der Waals surface area contributed by atoms with Crippen molar-refractivity contribution in [3.05, 3.63) is 34.9 Å². The zero-order valence-corrected chi connectivity index (χ0v) is 12.0. The smallest absolute Gasteiger partial charge is 0.0408 e. The van der Waals surface area contributed by atoms with Crippen molar-refractivity contribution in [2.24, 2.45) is 11.7 Å². The third-order valence-electron chi connectivity index (χ3n) is 3.50. The average molecular weight is 267 g/mol. The molecule has 0 saturated carbocycles. The van der Waals surface area contributed by atoms with E-state index >= 15 is 0 Å². The lowest BCUT2D eigenvalue weighted by Crippen LogP contribution is -2.47. The van der Waals surface area contributed by atoms with Gasteiger partial charge in [0.05, 0.1) is 0 Å². The van der Waals surface area contributed by atoms with Gasteiger partial charge in [-0.05, 0) is 36.0 Å². The van der Waals surface area contributed by atoms with Crippen molar-refractivity contribution in [1.29, 1.82) is 0 Å². The summed E-state index contributed by atoms with van der Waals surface area (Å²) >= 11 is 6.08. The molecule has 1 heterocycles. The molecule has 2 unspecified atom stereocenters. The minimum atomic E-state index is 0.279. The van der Waals surface area contributed by atoms with E-state index in [1.165, 1.54) is 5.56 Å². The molecule has 1 saturated heterocycles. The van der Waals surface area contributed by atoms with Gasteiger partial charge in [0.1, 0.15) is 0 Å². The number of halogens is 1. The summed E-state index contributed by atoms with van der Waals surface area (Å²) in [5.74, 6) is 1.21. The normalized spacial score (nSPS) is 25.6. The fourth-order valence-electron chi connectivity index (χ4n) is 2.90. The van der Waals surface area contributed by atoms with Gasteiger partial charge in [-0.3, -0.25) is 0 Å². The molecule has 0 aromatic heterocycles. The first kappa shape index (κ1) is 13.9. The first-order chi connectivity index (χ1) is 8.54. The van der Waals surface area contributed by atoms with Crippen LogP contribution in [0.15, 0.2) is 24.3 Å². The van der Waals surface area contributed by atoms with E-state index in [1.807, 2.05) is 12.1 Å². The van der Waals surface area contributed by atoms with Crippen LogP contribution in [0, 0.1) is 5.92 Å². The van der Waals surface area contributed by atoms with Gasteiger partial charge in [0.15, 0.2) is 0 Å². The third-order valence-corrected chi connectivity index (χ3v) is 3.74. The number of piperidine rings is 1. The molecule has 0 spiro atoms. The predicted octanol–water partition coefficient (Wildman–Crippen LogP) is 3.11. The molecule has 100 valence electrons. The molecule has 0 aliphatic carbocycles. The van der Waals surface area contributed by atoms with Crippen LogP contribution in [0.4, 0.5) is 0 Å². The van der Waals surface area contributed by atoms with E-state index in [-0.39, 0.29) is 6.04 Å². The molecule has 0 radical (unpaired) electrons. The Morgan fingerprint density at radius 2 is 2.17 bits per heavy atom. The number of hydrogen-bond acceptors (Lipinski definition) is 2. The van der Waals surface area contributed by atoms with Crippen LogP contribution in [-0.4, -0.2) is 30.6 Å². The number of nitrogens with two attached hydrogens (primary N) is 1. The van der Waals surface area contributed by atoms with Crippen LogP contribution in [0.1, 0.15) is 31.7 Å². The first-order valence-electron chi connectivity index (χ1n) is 6.78. The lowest BCUT2D eigenvalue weighted by Gasteiger charge is -2.37. The van der Waals surface area contributed by atoms with Crippen molar-refractivity contribution in [2.75, 3.05) is 19.6 Å². The summed E-state index contributed by atoms with van der Waals surface area (Å²) in [6, 6.07) is 8.49. The van der Waals surface area contributed by atoms with Crippen molar-refractivity contribution in [3.8, 4) is 0 Å². The van der Waals surface area contributed by atoms with E-state index < -0.39 is 0 Å². The summed E-state index contributed by atoms with van der Waals surface area (Å²) in [5.41, 5.74) is 7.52. The molecule has 0 amide bonds. The third kappa shape index (κ3) is 3.71. The van der Waals surface area contributed by atoms with Gasteiger partial charge in [-0.1, -0.05) is 37.6 Å². The Balaban J connectivity index is 2.08. The Kier molecular flexibility index (Phi) is 4.66. The Labute approximate surface area is 115 Å². The first-order valence-corrected chi connectivity index (χ1v) is 7.15. The molecule has 2 nitrogen and oxygen atoms in total. The Morgan fingerprint density at radius 1 is 1.39 bits per heavy atom.